The van der Waals surface area contributed by atoms with Crippen molar-refractivity contribution >= 4 is 124 Å². The molecule has 0 fully saturated rings. The fourth-order valence-electron chi connectivity index (χ4n) is 14.6. The van der Waals surface area contributed by atoms with E-state index < -0.39 is 41.7 Å². The predicted molar refractivity (Wildman–Crippen MR) is 472 cm³/mol. The molecule has 0 bridgehead atoms. The third-order valence-electron chi connectivity index (χ3n) is 20.6. The lowest BCUT2D eigenvalue weighted by Gasteiger charge is -2.21. The van der Waals surface area contributed by atoms with Gasteiger partial charge in [-0.3, -0.25) is 62.0 Å². The van der Waals surface area contributed by atoms with Crippen LogP contribution in [0.1, 0.15) is 139 Å². The number of hydrogen-bond donors (Lipinski definition) is 4. The van der Waals surface area contributed by atoms with Crippen molar-refractivity contribution in [1.82, 2.24) is 83.7 Å². The van der Waals surface area contributed by atoms with Gasteiger partial charge in [0.2, 0.25) is 0 Å². The molecule has 0 aliphatic rings. The Morgan fingerprint density at radius 2 is 0.699 bits per heavy atom. The molecule has 0 saturated carbocycles. The van der Waals surface area contributed by atoms with Crippen LogP contribution in [0.3, 0.4) is 0 Å². The van der Waals surface area contributed by atoms with Crippen LogP contribution in [0.25, 0.3) is 71.4 Å². The Labute approximate surface area is 719 Å². The molecular formula is C92H75Cl4F2N17O8. The smallest absolute Gasteiger partial charge is 0.272 e. The van der Waals surface area contributed by atoms with Crippen molar-refractivity contribution in [3.05, 3.63) is 385 Å². The molecule has 123 heavy (non-hydrogen) atoms. The second-order valence-electron chi connectivity index (χ2n) is 28.8. The van der Waals surface area contributed by atoms with Gasteiger partial charge in [-0.1, -0.05) is 113 Å². The van der Waals surface area contributed by atoms with Gasteiger partial charge in [-0.2, -0.15) is 10.2 Å². The van der Waals surface area contributed by atoms with E-state index in [-0.39, 0.29) is 45.7 Å². The summed E-state index contributed by atoms with van der Waals surface area (Å²) in [7, 11) is 1.67. The molecule has 17 aromatic rings. The van der Waals surface area contributed by atoms with Gasteiger partial charge in [-0.05, 0) is 210 Å². The molecule has 7 aromatic carbocycles. The number of benzene rings is 7. The first kappa shape index (κ1) is 85.2. The van der Waals surface area contributed by atoms with Crippen molar-refractivity contribution in [1.29, 1.82) is 0 Å². The van der Waals surface area contributed by atoms with Crippen molar-refractivity contribution in [3.63, 3.8) is 0 Å². The second-order valence-corrected chi connectivity index (χ2v) is 30.4. The van der Waals surface area contributed by atoms with Gasteiger partial charge in [0.1, 0.15) is 28.5 Å². The zero-order valence-corrected chi connectivity index (χ0v) is 70.3. The molecule has 4 atom stereocenters. The van der Waals surface area contributed by atoms with E-state index in [1.807, 2.05) is 74.5 Å². The van der Waals surface area contributed by atoms with Crippen molar-refractivity contribution < 1.29 is 28.0 Å². The lowest BCUT2D eigenvalue weighted by atomic mass is 10.1. The first-order valence-corrected chi connectivity index (χ1v) is 40.0. The number of pyridine rings is 5. The average Bonchev–Trinajstić information content (AvgIpc) is 1.53. The topological polar surface area (TPSA) is 303 Å². The van der Waals surface area contributed by atoms with Crippen LogP contribution in [0.4, 0.5) is 8.78 Å². The number of fused-ring (bicyclic) bond motifs is 6. The standard InChI is InChI=1S/C25H19ClFN5O2.C24H20ClN3O2.C23H18ClFN4O2.C20H18ClN5O2/c1-14(29-24(33)21-15(2)30-31-12-4-11-28-23(21)31)20-13-16-5-3-6-19(26)22(16)25(34)32(20)18-9-7-17(27)8-10-18;1-15-19(11-7-13-26-15)23(29)27-16(2)21-14-17-8-6-12-20(25)22(17)24(30)28(21)18-9-4-3-5-10-18;1-13(28-22(30)21-14(2)26-10-11-27-21)19-12-15-4-3-5-18(24)20(15)23(31)29(19)17-8-6-16(25)7-9-17;1-11(15-10-13-6-4-7-14(21)17(13)20(28)25(15)3)23-19(27)16-12(2)24-26-9-5-8-22-18(16)26/h3-14H,1-2H3,(H,29,33);3-14,16H,1-2H3,(H,27,29);3-13H,1-2H3,(H,28,30);4-11H,1-3H3,(H,23,27)/t14-;16-;13-;11-/m0000/s1. The number of aryl methyl sites for hydroxylation is 4. The fourth-order valence-corrected chi connectivity index (χ4v) is 15.7. The number of aromatic nitrogens is 13. The summed E-state index contributed by atoms with van der Waals surface area (Å²) in [5.74, 6) is -2.17. The molecular weight excluding hydrogens is 1650 g/mol. The lowest BCUT2D eigenvalue weighted by molar-refractivity contribution is 0.0925. The molecule has 17 rings (SSSR count). The summed E-state index contributed by atoms with van der Waals surface area (Å²) in [5, 5.41) is 26.3. The first-order chi connectivity index (χ1) is 59.1. The molecule has 0 spiro atoms. The third-order valence-corrected chi connectivity index (χ3v) is 21.9. The van der Waals surface area contributed by atoms with Gasteiger partial charge in [-0.15, -0.1) is 0 Å². The maximum absolute atomic E-state index is 13.6. The van der Waals surface area contributed by atoms with Crippen LogP contribution in [0.15, 0.2) is 263 Å². The van der Waals surface area contributed by atoms with Gasteiger partial charge in [0, 0.05) is 96.0 Å². The molecule has 618 valence electrons. The highest BCUT2D eigenvalue weighted by Crippen LogP contribution is 2.32. The van der Waals surface area contributed by atoms with Gasteiger partial charge < -0.3 is 25.8 Å². The third kappa shape index (κ3) is 17.6. The monoisotopic (exact) mass is 1720 g/mol. The Hall–Kier alpha value is -14.3. The molecule has 0 unspecified atom stereocenters. The highest BCUT2D eigenvalue weighted by Gasteiger charge is 2.28. The highest BCUT2D eigenvalue weighted by atomic mass is 35.5. The van der Waals surface area contributed by atoms with Crippen molar-refractivity contribution in [2.24, 2.45) is 7.05 Å². The van der Waals surface area contributed by atoms with Crippen LogP contribution in [0.2, 0.25) is 20.1 Å². The summed E-state index contributed by atoms with van der Waals surface area (Å²) in [5.41, 5.74) is 7.50. The Bertz CT molecular complexity index is 7290. The van der Waals surface area contributed by atoms with Crippen LogP contribution in [0, 0.1) is 39.3 Å². The van der Waals surface area contributed by atoms with E-state index in [2.05, 4.69) is 56.4 Å². The minimum absolute atomic E-state index is 0.201. The van der Waals surface area contributed by atoms with Gasteiger partial charge in [0.15, 0.2) is 11.3 Å². The van der Waals surface area contributed by atoms with Gasteiger partial charge in [0.05, 0.1) is 88.4 Å². The van der Waals surface area contributed by atoms with Gasteiger partial charge in [0.25, 0.3) is 45.9 Å². The Morgan fingerprint density at radius 3 is 1.11 bits per heavy atom. The van der Waals surface area contributed by atoms with E-state index >= 15 is 0 Å². The van der Waals surface area contributed by atoms with Crippen LogP contribution in [-0.2, 0) is 7.05 Å². The minimum Gasteiger partial charge on any atom is -0.344 e. The normalized spacial score (nSPS) is 12.2. The molecule has 31 heteroatoms. The van der Waals surface area contributed by atoms with Crippen molar-refractivity contribution in [2.75, 3.05) is 0 Å². The zero-order chi connectivity index (χ0) is 87.4. The molecule has 4 amide bonds. The van der Waals surface area contributed by atoms with E-state index in [0.29, 0.717) is 143 Å². The van der Waals surface area contributed by atoms with Gasteiger partial charge in [-0.25, -0.2) is 32.8 Å². The molecule has 0 radical (unpaired) electrons. The van der Waals surface area contributed by atoms with E-state index in [4.69, 9.17) is 46.4 Å². The number of hydrogen-bond acceptors (Lipinski definition) is 15. The summed E-state index contributed by atoms with van der Waals surface area (Å²) >= 11 is 25.2. The SMILES string of the molecule is Cc1ncccc1C(=O)N[C@@H](C)c1cc2cccc(Cl)c2c(=O)n1-c1ccccc1.Cc1nccnc1C(=O)N[C@@H](C)c1cc2cccc(Cl)c2c(=O)n1-c1ccc(F)cc1.Cc1nn2cccnc2c1C(=O)N[C@@H](C)c1cc2cccc(Cl)c2c(=O)n1-c1ccc(F)cc1.Cc1nn2cccnc2c1C(=O)N[C@@H](C)c1cc2cccc(Cl)c2c(=O)n1C. The number of carbonyl (C=O) groups is 4. The summed E-state index contributed by atoms with van der Waals surface area (Å²) in [6.07, 6.45) is 11.3. The predicted octanol–water partition coefficient (Wildman–Crippen LogP) is 16.9. The number of carbonyl (C=O) groups excluding carboxylic acids is 4. The minimum atomic E-state index is -0.591. The second kappa shape index (κ2) is 36.4. The van der Waals surface area contributed by atoms with E-state index in [0.717, 1.165) is 10.8 Å². The van der Waals surface area contributed by atoms with Crippen LogP contribution < -0.4 is 43.5 Å². The molecule has 4 N–H and O–H groups in total. The Morgan fingerprint density at radius 1 is 0.350 bits per heavy atom. The molecule has 10 aromatic heterocycles. The Kier molecular flexibility index (Phi) is 25.2. The molecule has 0 aliphatic heterocycles. The molecule has 0 saturated heterocycles. The zero-order valence-electron chi connectivity index (χ0n) is 67.3. The quantitative estimate of drug-likeness (QED) is 0.0741. The van der Waals surface area contributed by atoms with Gasteiger partial charge >= 0.3 is 0 Å². The van der Waals surface area contributed by atoms with E-state index in [9.17, 15) is 47.1 Å². The maximum atomic E-state index is 13.6. The van der Waals surface area contributed by atoms with Crippen LogP contribution in [-0.4, -0.2) is 86.0 Å². The summed E-state index contributed by atoms with van der Waals surface area (Å²) in [6, 6.07) is 53.8. The lowest BCUT2D eigenvalue weighted by Crippen LogP contribution is -2.33. The molecule has 10 heterocycles. The highest BCUT2D eigenvalue weighted by molar-refractivity contribution is 6.37. The average molecular weight is 1730 g/mol. The van der Waals surface area contributed by atoms with Crippen molar-refractivity contribution in [2.45, 2.75) is 79.6 Å². The molecule has 25 nitrogen and oxygen atoms in total. The Balaban J connectivity index is 0.000000134. The summed E-state index contributed by atoms with van der Waals surface area (Å²) in [4.78, 5) is 126. The number of rotatable bonds is 15. The summed E-state index contributed by atoms with van der Waals surface area (Å²) < 4.78 is 36.2. The number of amides is 4. The van der Waals surface area contributed by atoms with E-state index in [1.165, 1.54) is 74.6 Å². The van der Waals surface area contributed by atoms with Crippen molar-refractivity contribution in [3.8, 4) is 17.1 Å². The van der Waals surface area contributed by atoms with Crippen LogP contribution >= 0.6 is 46.4 Å². The number of para-hydroxylation sites is 1. The van der Waals surface area contributed by atoms with Crippen LogP contribution in [0.5, 0.6) is 0 Å². The maximum Gasteiger partial charge on any atom is 0.272 e. The number of nitrogens with zero attached hydrogens (tertiary/aromatic N) is 13. The largest absolute Gasteiger partial charge is 0.344 e. The fraction of sp³-hybridized carbons (Fsp3) is 0.141. The number of nitrogens with one attached hydrogen (secondary N) is 4. The molecule has 0 aliphatic carbocycles. The summed E-state index contributed by atoms with van der Waals surface area (Å²) in [6.45, 7) is 14.2. The van der Waals surface area contributed by atoms with E-state index in [1.54, 1.807) is 184 Å². The first-order valence-electron chi connectivity index (χ1n) is 38.5. The number of halogens is 6.